The van der Waals surface area contributed by atoms with E-state index in [-0.39, 0.29) is 23.4 Å². The van der Waals surface area contributed by atoms with E-state index in [1.807, 2.05) is 0 Å². The van der Waals surface area contributed by atoms with Gasteiger partial charge in [-0.2, -0.15) is 0 Å². The average molecular weight is 279 g/mol. The van der Waals surface area contributed by atoms with Crippen LogP contribution >= 0.6 is 0 Å². The Kier molecular flexibility index (Phi) is 2.93. The van der Waals surface area contributed by atoms with Crippen LogP contribution in [0.5, 0.6) is 0 Å². The van der Waals surface area contributed by atoms with Crippen molar-refractivity contribution < 1.29 is 24.2 Å². The SMILES string of the molecule is O=C1c2ccc([N+](=O)[O-])cc2C(=O)N1C1CCONO1. The Morgan fingerprint density at radius 1 is 1.30 bits per heavy atom. The Balaban J connectivity index is 1.96. The molecule has 0 saturated carbocycles. The van der Waals surface area contributed by atoms with E-state index in [1.54, 1.807) is 0 Å². The van der Waals surface area contributed by atoms with Gasteiger partial charge in [-0.05, 0) is 6.07 Å². The molecule has 9 heteroatoms. The second-order valence-corrected chi connectivity index (χ2v) is 4.26. The van der Waals surface area contributed by atoms with Gasteiger partial charge in [0.1, 0.15) is 0 Å². The van der Waals surface area contributed by atoms with Gasteiger partial charge in [0.15, 0.2) is 6.23 Å². The van der Waals surface area contributed by atoms with Gasteiger partial charge in [-0.25, -0.2) is 4.90 Å². The summed E-state index contributed by atoms with van der Waals surface area (Å²) >= 11 is 0. The minimum atomic E-state index is -0.796. The first-order valence-electron chi connectivity index (χ1n) is 5.78. The standard InChI is InChI=1S/C11H9N3O6/c15-10-7-2-1-6(14(17)18)5-8(7)11(16)13(10)9-3-4-19-12-20-9/h1-2,5,9,12H,3-4H2. The van der Waals surface area contributed by atoms with Gasteiger partial charge in [-0.3, -0.25) is 29.4 Å². The lowest BCUT2D eigenvalue weighted by molar-refractivity contribution is -0.384. The van der Waals surface area contributed by atoms with Crippen LogP contribution in [0.4, 0.5) is 5.69 Å². The number of hydrogen-bond donors (Lipinski definition) is 1. The molecule has 1 aromatic carbocycles. The summed E-state index contributed by atoms with van der Waals surface area (Å²) in [5.74, 6) is -1.14. The molecule has 9 nitrogen and oxygen atoms in total. The van der Waals surface area contributed by atoms with Crippen molar-refractivity contribution in [3.8, 4) is 0 Å². The summed E-state index contributed by atoms with van der Waals surface area (Å²) in [4.78, 5) is 45.2. The lowest BCUT2D eigenvalue weighted by Gasteiger charge is -2.28. The number of carbonyl (C=O) groups excluding carboxylic acids is 2. The first-order chi connectivity index (χ1) is 9.59. The van der Waals surface area contributed by atoms with Crippen molar-refractivity contribution in [1.29, 1.82) is 0 Å². The van der Waals surface area contributed by atoms with E-state index in [0.29, 0.717) is 6.42 Å². The summed E-state index contributed by atoms with van der Waals surface area (Å²) in [5.41, 5.74) is 2.06. The summed E-state index contributed by atoms with van der Waals surface area (Å²) in [6.45, 7) is 0.276. The van der Waals surface area contributed by atoms with Crippen LogP contribution in [0.2, 0.25) is 0 Å². The maximum absolute atomic E-state index is 12.2. The molecule has 1 unspecified atom stereocenters. The molecule has 1 atom stereocenters. The average Bonchev–Trinajstić information content (AvgIpc) is 2.71. The molecule has 1 aromatic rings. The van der Waals surface area contributed by atoms with Gasteiger partial charge in [-0.1, -0.05) is 5.64 Å². The van der Waals surface area contributed by atoms with Crippen LogP contribution in [0.3, 0.4) is 0 Å². The van der Waals surface area contributed by atoms with Crippen molar-refractivity contribution in [2.24, 2.45) is 0 Å². The molecule has 0 bridgehead atoms. The zero-order valence-electron chi connectivity index (χ0n) is 10.1. The maximum atomic E-state index is 12.2. The molecule has 2 amide bonds. The number of nitrogens with one attached hydrogen (secondary N) is 1. The molecular weight excluding hydrogens is 270 g/mol. The number of rotatable bonds is 2. The Morgan fingerprint density at radius 2 is 2.05 bits per heavy atom. The second-order valence-electron chi connectivity index (χ2n) is 4.26. The number of imide groups is 1. The fourth-order valence-electron chi connectivity index (χ4n) is 2.15. The van der Waals surface area contributed by atoms with E-state index in [0.717, 1.165) is 11.0 Å². The van der Waals surface area contributed by atoms with E-state index in [1.165, 1.54) is 12.1 Å². The third-order valence-electron chi connectivity index (χ3n) is 3.11. The monoisotopic (exact) mass is 279 g/mol. The molecule has 1 fully saturated rings. The number of non-ortho nitro benzene ring substituents is 1. The topological polar surface area (TPSA) is 111 Å². The van der Waals surface area contributed by atoms with Crippen molar-refractivity contribution >= 4 is 17.5 Å². The van der Waals surface area contributed by atoms with E-state index >= 15 is 0 Å². The van der Waals surface area contributed by atoms with E-state index < -0.39 is 23.0 Å². The number of fused-ring (bicyclic) bond motifs is 1. The van der Waals surface area contributed by atoms with Crippen molar-refractivity contribution in [3.05, 3.63) is 39.4 Å². The van der Waals surface area contributed by atoms with Gasteiger partial charge in [0.25, 0.3) is 17.5 Å². The molecule has 2 aliphatic heterocycles. The first-order valence-corrected chi connectivity index (χ1v) is 5.78. The number of nitro groups is 1. The van der Waals surface area contributed by atoms with E-state index in [9.17, 15) is 19.7 Å². The number of nitro benzene ring substituents is 1. The van der Waals surface area contributed by atoms with Gasteiger partial charge < -0.3 is 0 Å². The summed E-state index contributed by atoms with van der Waals surface area (Å²) in [7, 11) is 0. The Morgan fingerprint density at radius 3 is 2.70 bits per heavy atom. The van der Waals surface area contributed by atoms with Crippen LogP contribution in [0, 0.1) is 10.1 Å². The molecule has 1 N–H and O–H groups in total. The normalized spacial score (nSPS) is 22.0. The highest BCUT2D eigenvalue weighted by atomic mass is 16.9. The van der Waals surface area contributed by atoms with Crippen LogP contribution in [0.1, 0.15) is 27.1 Å². The molecule has 0 aromatic heterocycles. The highest BCUT2D eigenvalue weighted by molar-refractivity contribution is 6.21. The smallest absolute Gasteiger partial charge is 0.270 e. The minimum Gasteiger partial charge on any atom is -0.276 e. The predicted molar refractivity (Wildman–Crippen MR) is 62.2 cm³/mol. The highest BCUT2D eigenvalue weighted by Gasteiger charge is 2.42. The highest BCUT2D eigenvalue weighted by Crippen LogP contribution is 2.29. The van der Waals surface area contributed by atoms with Crippen molar-refractivity contribution in [2.45, 2.75) is 12.6 Å². The largest absolute Gasteiger partial charge is 0.276 e. The zero-order valence-corrected chi connectivity index (χ0v) is 10.1. The number of amides is 2. The molecule has 0 aliphatic carbocycles. The van der Waals surface area contributed by atoms with Crippen LogP contribution in [0.25, 0.3) is 0 Å². The molecule has 0 spiro atoms. The van der Waals surface area contributed by atoms with Crippen LogP contribution in [-0.2, 0) is 9.68 Å². The molecule has 1 saturated heterocycles. The Labute approximate surface area is 112 Å². The Hall–Kier alpha value is -2.36. The molecule has 3 rings (SSSR count). The number of hydrogen-bond acceptors (Lipinski definition) is 7. The number of nitrogens with zero attached hydrogens (tertiary/aromatic N) is 2. The first kappa shape index (κ1) is 12.7. The number of benzene rings is 1. The summed E-state index contributed by atoms with van der Waals surface area (Å²) in [6, 6.07) is 3.57. The van der Waals surface area contributed by atoms with Crippen LogP contribution in [0.15, 0.2) is 18.2 Å². The summed E-state index contributed by atoms with van der Waals surface area (Å²) in [6.07, 6.45) is -0.476. The van der Waals surface area contributed by atoms with Gasteiger partial charge >= 0.3 is 0 Å². The zero-order chi connectivity index (χ0) is 14.3. The van der Waals surface area contributed by atoms with Gasteiger partial charge in [0, 0.05) is 18.6 Å². The second kappa shape index (κ2) is 4.63. The molecule has 2 aliphatic rings. The van der Waals surface area contributed by atoms with Gasteiger partial charge in [0.2, 0.25) is 0 Å². The Bertz CT molecular complexity index is 610. The molecular formula is C11H9N3O6. The molecule has 20 heavy (non-hydrogen) atoms. The van der Waals surface area contributed by atoms with E-state index in [2.05, 4.69) is 5.64 Å². The van der Waals surface area contributed by atoms with Crippen molar-refractivity contribution in [3.63, 3.8) is 0 Å². The number of carbonyl (C=O) groups is 2. The van der Waals surface area contributed by atoms with Crippen molar-refractivity contribution in [2.75, 3.05) is 6.61 Å². The van der Waals surface area contributed by atoms with Gasteiger partial charge in [-0.15, -0.1) is 0 Å². The minimum absolute atomic E-state index is 0.0132. The van der Waals surface area contributed by atoms with Crippen LogP contribution < -0.4 is 5.64 Å². The van der Waals surface area contributed by atoms with Gasteiger partial charge in [0.05, 0.1) is 22.7 Å². The van der Waals surface area contributed by atoms with Crippen molar-refractivity contribution in [1.82, 2.24) is 10.5 Å². The predicted octanol–water partition coefficient (Wildman–Crippen LogP) is 0.373. The summed E-state index contributed by atoms with van der Waals surface area (Å²) in [5, 5.41) is 10.7. The van der Waals surface area contributed by atoms with E-state index in [4.69, 9.17) is 9.68 Å². The molecule has 104 valence electrons. The third-order valence-corrected chi connectivity index (χ3v) is 3.11. The third kappa shape index (κ3) is 1.84. The maximum Gasteiger partial charge on any atom is 0.270 e. The lowest BCUT2D eigenvalue weighted by Crippen LogP contribution is -2.47. The quantitative estimate of drug-likeness (QED) is 0.473. The lowest BCUT2D eigenvalue weighted by atomic mass is 10.1. The summed E-state index contributed by atoms with van der Waals surface area (Å²) < 4.78 is 0. The van der Waals surface area contributed by atoms with Crippen LogP contribution in [-0.4, -0.2) is 34.5 Å². The molecule has 2 heterocycles. The fraction of sp³-hybridized carbons (Fsp3) is 0.273. The fourth-order valence-corrected chi connectivity index (χ4v) is 2.15. The molecule has 0 radical (unpaired) electrons.